The molecule has 36 heavy (non-hydrogen) atoms. The number of piperazine rings is 1. The molecule has 6 atom stereocenters. The molecule has 1 aromatic rings. The fourth-order valence-corrected chi connectivity index (χ4v) is 6.64. The number of aromatic nitrogens is 2. The Morgan fingerprint density at radius 3 is 2.86 bits per heavy atom. The molecule has 1 N–H and O–H groups in total. The summed E-state index contributed by atoms with van der Waals surface area (Å²) >= 11 is 0. The highest BCUT2D eigenvalue weighted by Crippen LogP contribution is 2.48. The van der Waals surface area contributed by atoms with Gasteiger partial charge in [-0.05, 0) is 44.1 Å². The molecule has 4 fully saturated rings. The fourth-order valence-electron chi connectivity index (χ4n) is 6.64. The lowest BCUT2D eigenvalue weighted by Gasteiger charge is -2.41. The summed E-state index contributed by atoms with van der Waals surface area (Å²) in [6.07, 6.45) is 0.425. The molecule has 2 bridgehead atoms. The van der Waals surface area contributed by atoms with Crippen LogP contribution in [-0.4, -0.2) is 84.4 Å². The number of hydrogen-bond donors (Lipinski definition) is 1. The molecule has 5 rings (SSSR count). The van der Waals surface area contributed by atoms with Gasteiger partial charge in [-0.2, -0.15) is 13.2 Å². The molecule has 1 aromatic heterocycles. The van der Waals surface area contributed by atoms with Gasteiger partial charge in [0.15, 0.2) is 0 Å². The largest absolute Gasteiger partial charge is 0.433 e. The highest BCUT2D eigenvalue weighted by Gasteiger charge is 2.55. The number of fused-ring (bicyclic) bond motifs is 2. The number of likely N-dealkylation sites (tertiary alicyclic amines) is 1. The highest BCUT2D eigenvalue weighted by molar-refractivity contribution is 5.84. The zero-order valence-electron chi connectivity index (χ0n) is 21.8. The summed E-state index contributed by atoms with van der Waals surface area (Å²) in [6, 6.07) is 1.03. The molecule has 3 saturated heterocycles. The summed E-state index contributed by atoms with van der Waals surface area (Å²) in [5.41, 5.74) is -1.42. The van der Waals surface area contributed by atoms with E-state index in [1.54, 1.807) is 0 Å². The number of rotatable bonds is 6. The Morgan fingerprint density at radius 2 is 2.17 bits per heavy atom. The van der Waals surface area contributed by atoms with E-state index in [-0.39, 0.29) is 55.1 Å². The summed E-state index contributed by atoms with van der Waals surface area (Å²) in [7, 11) is -0.106. The Morgan fingerprint density at radius 1 is 1.33 bits per heavy atom. The predicted molar refractivity (Wildman–Crippen MR) is 126 cm³/mol. The average Bonchev–Trinajstić information content (AvgIpc) is 3.60. The molecule has 200 valence electrons. The Bertz CT molecular complexity index is 983. The minimum absolute atomic E-state index is 0.0522. The number of alkyl halides is 3. The van der Waals surface area contributed by atoms with Crippen molar-refractivity contribution in [2.75, 3.05) is 38.3 Å². The second-order valence-corrected chi connectivity index (χ2v) is 11.0. The summed E-state index contributed by atoms with van der Waals surface area (Å²) in [5, 5.41) is 3.71. The Labute approximate surface area is 211 Å². The van der Waals surface area contributed by atoms with Gasteiger partial charge in [0.05, 0.1) is 31.6 Å². The number of anilines is 1. The van der Waals surface area contributed by atoms with E-state index in [9.17, 15) is 18.0 Å². The molecule has 3 aliphatic heterocycles. The van der Waals surface area contributed by atoms with Crippen LogP contribution < -0.4 is 10.2 Å². The van der Waals surface area contributed by atoms with Crippen molar-refractivity contribution in [1.29, 1.82) is 0 Å². The Hall–Kier alpha value is -1.98. The first-order valence-corrected chi connectivity index (χ1v) is 12.8. The van der Waals surface area contributed by atoms with E-state index in [1.807, 2.05) is 9.80 Å². The monoisotopic (exact) mass is 512 g/mol. The SMILES string of the molecule is [2H]CO[C@@H]1COCC[C@@H]1N[C@@H]1CC[C@@](C(=O)N2C[C@@H]3C[C@H]2CN3c2nccc(C(F)(F)F)n2)(C(C)C)C1. The number of nitrogens with zero attached hydrogens (tertiary/aromatic N) is 4. The molecule has 8 nitrogen and oxygen atoms in total. The van der Waals surface area contributed by atoms with Crippen molar-refractivity contribution in [1.82, 2.24) is 20.2 Å². The summed E-state index contributed by atoms with van der Waals surface area (Å²) in [4.78, 5) is 25.7. The zero-order valence-corrected chi connectivity index (χ0v) is 20.8. The second-order valence-electron chi connectivity index (χ2n) is 11.0. The van der Waals surface area contributed by atoms with Gasteiger partial charge in [-0.15, -0.1) is 0 Å². The number of methoxy groups -OCH3 is 1. The van der Waals surface area contributed by atoms with Gasteiger partial charge in [-0.1, -0.05) is 13.8 Å². The molecule has 0 aromatic carbocycles. The summed E-state index contributed by atoms with van der Waals surface area (Å²) < 4.78 is 58.0. The first-order chi connectivity index (χ1) is 17.6. The van der Waals surface area contributed by atoms with Crippen molar-refractivity contribution in [2.24, 2.45) is 11.3 Å². The van der Waals surface area contributed by atoms with Gasteiger partial charge in [0, 0.05) is 45.1 Å². The van der Waals surface area contributed by atoms with Gasteiger partial charge >= 0.3 is 6.18 Å². The molecular formula is C25H36F3N5O3. The molecule has 0 spiro atoms. The molecule has 0 unspecified atom stereocenters. The van der Waals surface area contributed by atoms with Crippen molar-refractivity contribution in [3.63, 3.8) is 0 Å². The lowest BCUT2D eigenvalue weighted by atomic mass is 9.74. The first kappa shape index (κ1) is 24.4. The van der Waals surface area contributed by atoms with Crippen molar-refractivity contribution < 1.29 is 28.8 Å². The van der Waals surface area contributed by atoms with Crippen molar-refractivity contribution >= 4 is 11.9 Å². The lowest BCUT2D eigenvalue weighted by molar-refractivity contribution is -0.146. The Kier molecular flexibility index (Phi) is 6.58. The van der Waals surface area contributed by atoms with E-state index >= 15 is 0 Å². The van der Waals surface area contributed by atoms with Crippen LogP contribution >= 0.6 is 0 Å². The van der Waals surface area contributed by atoms with Gasteiger partial charge < -0.3 is 24.6 Å². The van der Waals surface area contributed by atoms with Crippen LogP contribution in [0.4, 0.5) is 19.1 Å². The number of ether oxygens (including phenoxy) is 2. The van der Waals surface area contributed by atoms with Gasteiger partial charge in [-0.3, -0.25) is 4.79 Å². The van der Waals surface area contributed by atoms with E-state index in [1.165, 1.54) is 0 Å². The summed E-state index contributed by atoms with van der Waals surface area (Å²) in [5.74, 6) is 0.401. The first-order valence-electron chi connectivity index (χ1n) is 13.6. The maximum Gasteiger partial charge on any atom is 0.433 e. The van der Waals surface area contributed by atoms with Crippen molar-refractivity contribution in [3.05, 3.63) is 18.0 Å². The van der Waals surface area contributed by atoms with Crippen LogP contribution in [0.5, 0.6) is 0 Å². The van der Waals surface area contributed by atoms with Crippen LogP contribution in [0.15, 0.2) is 12.3 Å². The normalized spacial score (nSPS) is 35.1. The number of hydrogen-bond acceptors (Lipinski definition) is 7. The zero-order chi connectivity index (χ0) is 26.4. The van der Waals surface area contributed by atoms with Crippen LogP contribution in [0.3, 0.4) is 0 Å². The van der Waals surface area contributed by atoms with Crippen LogP contribution in [0.25, 0.3) is 0 Å². The van der Waals surface area contributed by atoms with Gasteiger partial charge in [0.1, 0.15) is 5.69 Å². The van der Waals surface area contributed by atoms with E-state index in [2.05, 4.69) is 29.1 Å². The Balaban J connectivity index is 1.25. The number of carbonyl (C=O) groups is 1. The van der Waals surface area contributed by atoms with Gasteiger partial charge in [0.2, 0.25) is 11.9 Å². The maximum absolute atomic E-state index is 14.1. The maximum atomic E-state index is 14.1. The summed E-state index contributed by atoms with van der Waals surface area (Å²) in [6.45, 7) is 6.27. The number of carbonyl (C=O) groups excluding carboxylic acids is 1. The standard InChI is InChI=1S/C25H36F3N5O3/c1-15(2)24(7-4-16(11-24)30-19-6-9-36-14-20(19)35-3)22(34)32-12-18-10-17(32)13-33(18)23-29-8-5-21(31-23)25(26,27)28/h5,8,15-20,30H,4,6-7,9-14H2,1-3H3/t16-,17+,18+,19+,20-,24+/m1/s1/i3D. The van der Waals surface area contributed by atoms with Gasteiger partial charge in [0.25, 0.3) is 0 Å². The van der Waals surface area contributed by atoms with Crippen LogP contribution in [0, 0.1) is 11.3 Å². The number of amides is 1. The molecule has 1 saturated carbocycles. The molecule has 1 amide bonds. The quantitative estimate of drug-likeness (QED) is 0.628. The van der Waals surface area contributed by atoms with Crippen molar-refractivity contribution in [2.45, 2.75) is 82.4 Å². The van der Waals surface area contributed by atoms with Crippen LogP contribution in [0.2, 0.25) is 0 Å². The second kappa shape index (κ2) is 9.72. The topological polar surface area (TPSA) is 79.8 Å². The van der Waals surface area contributed by atoms with Crippen LogP contribution in [-0.2, 0) is 20.4 Å². The van der Waals surface area contributed by atoms with E-state index < -0.39 is 17.3 Å². The molecule has 0 radical (unpaired) electrons. The number of halogens is 3. The third-order valence-corrected chi connectivity index (χ3v) is 8.74. The fraction of sp³-hybridized carbons (Fsp3) is 0.800. The average molecular weight is 513 g/mol. The smallest absolute Gasteiger partial charge is 0.379 e. The van der Waals surface area contributed by atoms with E-state index in [0.717, 1.165) is 44.4 Å². The minimum Gasteiger partial charge on any atom is -0.379 e. The van der Waals surface area contributed by atoms with Crippen LogP contribution in [0.1, 0.15) is 53.0 Å². The van der Waals surface area contributed by atoms with Crippen molar-refractivity contribution in [3.8, 4) is 0 Å². The third kappa shape index (κ3) is 4.58. The minimum atomic E-state index is -4.52. The van der Waals surface area contributed by atoms with E-state index in [0.29, 0.717) is 26.3 Å². The van der Waals surface area contributed by atoms with Gasteiger partial charge in [-0.25, -0.2) is 9.97 Å². The predicted octanol–water partition coefficient (Wildman–Crippen LogP) is 2.87. The molecule has 4 heterocycles. The molecular weight excluding hydrogens is 475 g/mol. The molecule has 1 aliphatic carbocycles. The van der Waals surface area contributed by atoms with E-state index in [4.69, 9.17) is 10.8 Å². The highest BCUT2D eigenvalue weighted by atomic mass is 19.4. The number of nitrogens with one attached hydrogen (secondary N) is 1. The molecule has 11 heteroatoms. The third-order valence-electron chi connectivity index (χ3n) is 8.74. The lowest BCUT2D eigenvalue weighted by Crippen LogP contribution is -2.55. The molecule has 4 aliphatic rings.